The highest BCUT2D eigenvalue weighted by atomic mass is 19.1. The van der Waals surface area contributed by atoms with Crippen LogP contribution < -0.4 is 10.1 Å². The minimum Gasteiger partial charge on any atom is -0.455 e. The van der Waals surface area contributed by atoms with Crippen LogP contribution in [-0.2, 0) is 19.9 Å². The zero-order valence-electron chi connectivity index (χ0n) is 18.4. The molecule has 1 fully saturated rings. The van der Waals surface area contributed by atoms with E-state index in [1.807, 2.05) is 19.1 Å². The Hall–Kier alpha value is -2.51. The molecule has 2 aromatic carbocycles. The zero-order chi connectivity index (χ0) is 22.6. The van der Waals surface area contributed by atoms with Crippen LogP contribution in [-0.4, -0.2) is 25.7 Å². The average molecular weight is 433 g/mol. The fourth-order valence-corrected chi connectivity index (χ4v) is 3.50. The van der Waals surface area contributed by atoms with E-state index in [0.717, 1.165) is 24.5 Å². The number of carbonyl (C=O) groups excluding carboxylic acids is 1. The van der Waals surface area contributed by atoms with Gasteiger partial charge >= 0.3 is 0 Å². The lowest BCUT2D eigenvalue weighted by atomic mass is 9.86. The molecule has 5 nitrogen and oxygen atoms in total. The van der Waals surface area contributed by atoms with Crippen molar-refractivity contribution in [2.45, 2.75) is 46.1 Å². The van der Waals surface area contributed by atoms with Gasteiger partial charge < -0.3 is 19.5 Å². The number of amides is 1. The van der Waals surface area contributed by atoms with Gasteiger partial charge in [0.2, 0.25) is 5.91 Å². The molecule has 3 rings (SSSR count). The zero-order valence-corrected chi connectivity index (χ0v) is 18.4. The molecule has 168 valence electrons. The summed E-state index contributed by atoms with van der Waals surface area (Å²) in [7, 11) is 0. The summed E-state index contributed by atoms with van der Waals surface area (Å²) < 4.78 is 45.6. The molecule has 0 atom stereocenters. The Kier molecular flexibility index (Phi) is 6.96. The first-order valence-corrected chi connectivity index (χ1v) is 10.5. The number of anilines is 1. The Morgan fingerprint density at radius 2 is 1.77 bits per heavy atom. The maximum absolute atomic E-state index is 14.4. The summed E-state index contributed by atoms with van der Waals surface area (Å²) in [5.74, 6) is -1.82. The Balaban J connectivity index is 1.86. The van der Waals surface area contributed by atoms with Crippen molar-refractivity contribution < 1.29 is 27.8 Å². The number of hydrogen-bond donors (Lipinski definition) is 1. The van der Waals surface area contributed by atoms with Crippen molar-refractivity contribution in [3.05, 3.63) is 53.6 Å². The summed E-state index contributed by atoms with van der Waals surface area (Å²) in [5.41, 5.74) is -0.364. The SMILES string of the molecule is CCOC1(c2ccc(Oc3cc(F)cc(F)c3NC(=O)C(C)(C)C)cc2)CCOCC1. The fourth-order valence-electron chi connectivity index (χ4n) is 3.50. The number of nitrogens with one attached hydrogen (secondary N) is 1. The van der Waals surface area contributed by atoms with Gasteiger partial charge in [-0.05, 0) is 24.6 Å². The Bertz CT molecular complexity index is 911. The van der Waals surface area contributed by atoms with Gasteiger partial charge in [0.25, 0.3) is 0 Å². The van der Waals surface area contributed by atoms with E-state index in [1.54, 1.807) is 32.9 Å². The second kappa shape index (κ2) is 9.32. The first-order chi connectivity index (χ1) is 14.6. The molecule has 1 aliphatic rings. The first kappa shape index (κ1) is 23.2. The van der Waals surface area contributed by atoms with E-state index in [9.17, 15) is 13.6 Å². The van der Waals surface area contributed by atoms with Crippen LogP contribution in [0.25, 0.3) is 0 Å². The molecule has 31 heavy (non-hydrogen) atoms. The summed E-state index contributed by atoms with van der Waals surface area (Å²) in [4.78, 5) is 12.3. The molecular weight excluding hydrogens is 404 g/mol. The predicted octanol–water partition coefficient (Wildman–Crippen LogP) is 5.78. The minimum atomic E-state index is -0.901. The van der Waals surface area contributed by atoms with Gasteiger partial charge in [0.1, 0.15) is 17.3 Å². The normalized spacial score (nSPS) is 16.1. The van der Waals surface area contributed by atoms with E-state index >= 15 is 0 Å². The number of rotatable bonds is 6. The molecular formula is C24H29F2NO4. The van der Waals surface area contributed by atoms with Crippen molar-refractivity contribution in [1.29, 1.82) is 0 Å². The Labute approximate surface area is 181 Å². The predicted molar refractivity (Wildman–Crippen MR) is 114 cm³/mol. The van der Waals surface area contributed by atoms with Gasteiger partial charge in [-0.1, -0.05) is 32.9 Å². The molecule has 0 radical (unpaired) electrons. The van der Waals surface area contributed by atoms with Crippen LogP contribution in [0.1, 0.15) is 46.1 Å². The standard InChI is InChI=1S/C24H29F2NO4/c1-5-30-24(10-12-29-13-11-24)16-6-8-18(9-7-16)31-20-15-17(25)14-19(26)21(20)27-22(28)23(2,3)4/h6-9,14-15H,5,10-13H2,1-4H3,(H,27,28). The molecule has 2 aromatic rings. The third-order valence-electron chi connectivity index (χ3n) is 5.27. The molecule has 1 heterocycles. The highest BCUT2D eigenvalue weighted by Crippen LogP contribution is 2.38. The third kappa shape index (κ3) is 5.40. The van der Waals surface area contributed by atoms with Crippen LogP contribution in [0, 0.1) is 17.0 Å². The fraction of sp³-hybridized carbons (Fsp3) is 0.458. The van der Waals surface area contributed by atoms with Gasteiger partial charge in [0, 0.05) is 50.2 Å². The molecule has 0 saturated carbocycles. The lowest BCUT2D eigenvalue weighted by Crippen LogP contribution is -2.36. The quantitative estimate of drug-likeness (QED) is 0.627. The molecule has 0 spiro atoms. The van der Waals surface area contributed by atoms with Crippen molar-refractivity contribution in [3.63, 3.8) is 0 Å². The van der Waals surface area contributed by atoms with Gasteiger partial charge in [-0.25, -0.2) is 8.78 Å². The first-order valence-electron chi connectivity index (χ1n) is 10.5. The number of carbonyl (C=O) groups is 1. The van der Waals surface area contributed by atoms with E-state index < -0.39 is 28.6 Å². The molecule has 0 aromatic heterocycles. The summed E-state index contributed by atoms with van der Waals surface area (Å²) in [6.07, 6.45) is 1.50. The van der Waals surface area contributed by atoms with Gasteiger partial charge in [-0.2, -0.15) is 0 Å². The molecule has 7 heteroatoms. The molecule has 0 bridgehead atoms. The smallest absolute Gasteiger partial charge is 0.229 e. The largest absolute Gasteiger partial charge is 0.455 e. The van der Waals surface area contributed by atoms with Crippen molar-refractivity contribution in [1.82, 2.24) is 0 Å². The van der Waals surface area contributed by atoms with Gasteiger partial charge in [0.15, 0.2) is 11.6 Å². The summed E-state index contributed by atoms with van der Waals surface area (Å²) in [6, 6.07) is 8.99. The monoisotopic (exact) mass is 433 g/mol. The second-order valence-corrected chi connectivity index (χ2v) is 8.63. The van der Waals surface area contributed by atoms with Crippen molar-refractivity contribution >= 4 is 11.6 Å². The molecule has 0 unspecified atom stereocenters. The summed E-state index contributed by atoms with van der Waals surface area (Å²) in [6.45, 7) is 8.89. The van der Waals surface area contributed by atoms with Crippen LogP contribution in [0.5, 0.6) is 11.5 Å². The topological polar surface area (TPSA) is 56.8 Å². The third-order valence-corrected chi connectivity index (χ3v) is 5.27. The maximum atomic E-state index is 14.4. The van der Waals surface area contributed by atoms with Crippen LogP contribution in [0.2, 0.25) is 0 Å². The van der Waals surface area contributed by atoms with Gasteiger partial charge in [0.05, 0.1) is 5.60 Å². The van der Waals surface area contributed by atoms with Gasteiger partial charge in [-0.3, -0.25) is 4.79 Å². The van der Waals surface area contributed by atoms with Crippen molar-refractivity contribution in [2.75, 3.05) is 25.1 Å². The van der Waals surface area contributed by atoms with E-state index in [2.05, 4.69) is 5.32 Å². The number of halogens is 2. The molecule has 1 N–H and O–H groups in total. The van der Waals surface area contributed by atoms with Crippen LogP contribution in [0.4, 0.5) is 14.5 Å². The Morgan fingerprint density at radius 3 is 2.35 bits per heavy atom. The lowest BCUT2D eigenvalue weighted by Gasteiger charge is -2.37. The van der Waals surface area contributed by atoms with E-state index in [0.29, 0.717) is 31.6 Å². The second-order valence-electron chi connectivity index (χ2n) is 8.63. The van der Waals surface area contributed by atoms with E-state index in [1.165, 1.54) is 0 Å². The molecule has 1 amide bonds. The number of ether oxygens (including phenoxy) is 3. The average Bonchev–Trinajstić information content (AvgIpc) is 2.71. The molecule has 0 aliphatic carbocycles. The highest BCUT2D eigenvalue weighted by Gasteiger charge is 2.35. The molecule has 1 saturated heterocycles. The van der Waals surface area contributed by atoms with Crippen molar-refractivity contribution in [3.8, 4) is 11.5 Å². The molecule has 1 aliphatic heterocycles. The highest BCUT2D eigenvalue weighted by molar-refractivity contribution is 5.96. The minimum absolute atomic E-state index is 0.103. The number of hydrogen-bond acceptors (Lipinski definition) is 4. The maximum Gasteiger partial charge on any atom is 0.229 e. The van der Waals surface area contributed by atoms with Crippen LogP contribution in [0.3, 0.4) is 0 Å². The van der Waals surface area contributed by atoms with Crippen molar-refractivity contribution in [2.24, 2.45) is 5.41 Å². The summed E-state index contributed by atoms with van der Waals surface area (Å²) >= 11 is 0. The number of benzene rings is 2. The van der Waals surface area contributed by atoms with E-state index in [-0.39, 0.29) is 11.4 Å². The summed E-state index contributed by atoms with van der Waals surface area (Å²) in [5, 5.41) is 2.51. The van der Waals surface area contributed by atoms with Crippen LogP contribution in [0.15, 0.2) is 36.4 Å². The van der Waals surface area contributed by atoms with Gasteiger partial charge in [-0.15, -0.1) is 0 Å². The Morgan fingerprint density at radius 1 is 1.13 bits per heavy atom. The van der Waals surface area contributed by atoms with Crippen LogP contribution >= 0.6 is 0 Å². The van der Waals surface area contributed by atoms with E-state index in [4.69, 9.17) is 14.2 Å². The lowest BCUT2D eigenvalue weighted by molar-refractivity contribution is -0.123.